The van der Waals surface area contributed by atoms with Crippen molar-refractivity contribution in [3.63, 3.8) is 0 Å². The van der Waals surface area contributed by atoms with Gasteiger partial charge in [-0.3, -0.25) is 0 Å². The Hall–Kier alpha value is -5.41. The first-order valence-electron chi connectivity index (χ1n) is 16.2. The standard InChI is InChI=1S/C43H36N2O/c46-41(44-42(35-19-3-1-4-20-35)37-23-11-7-15-31(37)27-28-32-16-8-12-24-38(32)42)45-43(36-21-5-2-6-22-36)39-25-13-9-17-33(39)29-30-34-18-10-14-26-40(34)43/h1-26H,27-30H2,(H2,44,45,46). The number of nitrogens with one attached hydrogen (secondary N) is 2. The highest BCUT2D eigenvalue weighted by Gasteiger charge is 2.46. The predicted molar refractivity (Wildman–Crippen MR) is 185 cm³/mol. The first-order chi connectivity index (χ1) is 22.7. The Labute approximate surface area is 271 Å². The summed E-state index contributed by atoms with van der Waals surface area (Å²) in [6.07, 6.45) is 3.61. The van der Waals surface area contributed by atoms with E-state index >= 15 is 4.79 Å². The largest absolute Gasteiger partial charge is 0.320 e. The highest BCUT2D eigenvalue weighted by Crippen LogP contribution is 2.45. The molecule has 0 bridgehead atoms. The van der Waals surface area contributed by atoms with E-state index in [1.807, 2.05) is 12.1 Å². The Bertz CT molecular complexity index is 1790. The second-order valence-electron chi connectivity index (χ2n) is 12.4. The van der Waals surface area contributed by atoms with Gasteiger partial charge in [0.1, 0.15) is 11.1 Å². The lowest BCUT2D eigenvalue weighted by Crippen LogP contribution is -2.57. The molecule has 0 aromatic heterocycles. The van der Waals surface area contributed by atoms with E-state index in [-0.39, 0.29) is 6.03 Å². The van der Waals surface area contributed by atoms with E-state index in [1.54, 1.807) is 0 Å². The van der Waals surface area contributed by atoms with E-state index in [9.17, 15) is 0 Å². The van der Waals surface area contributed by atoms with Gasteiger partial charge in [0.2, 0.25) is 0 Å². The minimum absolute atomic E-state index is 0.231. The van der Waals surface area contributed by atoms with Crippen LogP contribution in [0.1, 0.15) is 55.6 Å². The molecule has 2 N–H and O–H groups in total. The van der Waals surface area contributed by atoms with Gasteiger partial charge in [-0.1, -0.05) is 158 Å². The van der Waals surface area contributed by atoms with Crippen molar-refractivity contribution in [2.45, 2.75) is 36.8 Å². The Balaban J connectivity index is 1.37. The van der Waals surface area contributed by atoms with Crippen molar-refractivity contribution in [2.75, 3.05) is 0 Å². The van der Waals surface area contributed by atoms with E-state index in [2.05, 4.69) is 156 Å². The van der Waals surface area contributed by atoms with E-state index in [0.717, 1.165) is 59.1 Å². The summed E-state index contributed by atoms with van der Waals surface area (Å²) in [5.74, 6) is 0. The molecule has 2 aliphatic rings. The van der Waals surface area contributed by atoms with Gasteiger partial charge in [0, 0.05) is 0 Å². The number of amides is 2. The van der Waals surface area contributed by atoms with Gasteiger partial charge in [0.15, 0.2) is 0 Å². The zero-order valence-corrected chi connectivity index (χ0v) is 25.7. The van der Waals surface area contributed by atoms with Crippen LogP contribution in [0.25, 0.3) is 0 Å². The smallest absolute Gasteiger partial charge is 0.317 e. The first kappa shape index (κ1) is 28.1. The molecule has 0 saturated heterocycles. The van der Waals surface area contributed by atoms with Crippen LogP contribution in [-0.2, 0) is 36.8 Å². The van der Waals surface area contributed by atoms with Gasteiger partial charge in [-0.05, 0) is 81.3 Å². The van der Waals surface area contributed by atoms with Crippen LogP contribution in [0.15, 0.2) is 158 Å². The van der Waals surface area contributed by atoms with Gasteiger partial charge in [0.05, 0.1) is 0 Å². The number of hydrogen-bond donors (Lipinski definition) is 2. The molecule has 0 heterocycles. The third kappa shape index (κ3) is 4.46. The predicted octanol–water partition coefficient (Wildman–Crippen LogP) is 8.47. The van der Waals surface area contributed by atoms with Crippen LogP contribution in [0.3, 0.4) is 0 Å². The lowest BCUT2D eigenvalue weighted by atomic mass is 9.74. The summed E-state index contributed by atoms with van der Waals surface area (Å²) in [6.45, 7) is 0. The molecule has 0 atom stereocenters. The maximum absolute atomic E-state index is 15.2. The number of carbonyl (C=O) groups excluding carboxylic acids is 1. The van der Waals surface area contributed by atoms with E-state index in [4.69, 9.17) is 0 Å². The minimum atomic E-state index is -0.906. The lowest BCUT2D eigenvalue weighted by molar-refractivity contribution is 0.227. The Morgan fingerprint density at radius 2 is 0.630 bits per heavy atom. The molecule has 0 saturated carbocycles. The number of urea groups is 1. The van der Waals surface area contributed by atoms with Crippen LogP contribution in [0, 0.1) is 0 Å². The topological polar surface area (TPSA) is 41.1 Å². The lowest BCUT2D eigenvalue weighted by Gasteiger charge is -2.42. The summed E-state index contributed by atoms with van der Waals surface area (Å²) in [5, 5.41) is 7.35. The van der Waals surface area contributed by atoms with Gasteiger partial charge in [-0.25, -0.2) is 4.79 Å². The van der Waals surface area contributed by atoms with E-state index in [0.29, 0.717) is 0 Å². The number of aryl methyl sites for hydroxylation is 4. The van der Waals surface area contributed by atoms with Crippen molar-refractivity contribution < 1.29 is 4.79 Å². The van der Waals surface area contributed by atoms with Crippen molar-refractivity contribution in [2.24, 2.45) is 0 Å². The van der Waals surface area contributed by atoms with Gasteiger partial charge in [-0.2, -0.15) is 0 Å². The monoisotopic (exact) mass is 596 g/mol. The Morgan fingerprint density at radius 1 is 0.370 bits per heavy atom. The van der Waals surface area contributed by atoms with Crippen LogP contribution in [0.2, 0.25) is 0 Å². The van der Waals surface area contributed by atoms with Crippen LogP contribution < -0.4 is 10.6 Å². The molecule has 2 aliphatic carbocycles. The molecule has 6 aromatic rings. The van der Waals surface area contributed by atoms with Crippen molar-refractivity contribution in [1.82, 2.24) is 10.6 Å². The van der Waals surface area contributed by atoms with Crippen molar-refractivity contribution in [1.29, 1.82) is 0 Å². The number of fused-ring (bicyclic) bond motifs is 4. The molecule has 224 valence electrons. The summed E-state index contributed by atoms with van der Waals surface area (Å²) < 4.78 is 0. The summed E-state index contributed by atoms with van der Waals surface area (Å²) >= 11 is 0. The minimum Gasteiger partial charge on any atom is -0.320 e. The summed E-state index contributed by atoms with van der Waals surface area (Å²) in [5.41, 5.74) is 9.65. The first-order valence-corrected chi connectivity index (χ1v) is 16.2. The molecule has 2 amide bonds. The average molecular weight is 597 g/mol. The number of rotatable bonds is 4. The van der Waals surface area contributed by atoms with Gasteiger partial charge < -0.3 is 10.6 Å². The molecule has 0 fully saturated rings. The van der Waals surface area contributed by atoms with Crippen LogP contribution in [0.5, 0.6) is 0 Å². The molecular formula is C43H36N2O. The second kappa shape index (κ2) is 11.5. The zero-order chi connectivity index (χ0) is 31.0. The highest BCUT2D eigenvalue weighted by atomic mass is 16.2. The fraction of sp³-hybridized carbons (Fsp3) is 0.140. The number of hydrogen-bond acceptors (Lipinski definition) is 1. The van der Waals surface area contributed by atoms with Gasteiger partial charge >= 0.3 is 6.03 Å². The quantitative estimate of drug-likeness (QED) is 0.211. The molecular weight excluding hydrogens is 560 g/mol. The molecule has 46 heavy (non-hydrogen) atoms. The third-order valence-corrected chi connectivity index (χ3v) is 10.0. The SMILES string of the molecule is O=C(NC1(c2ccccc2)c2ccccc2CCc2ccccc21)NC1(c2ccccc2)c2ccccc2CCc2ccccc21. The van der Waals surface area contributed by atoms with Gasteiger partial charge in [-0.15, -0.1) is 0 Å². The molecule has 3 nitrogen and oxygen atoms in total. The van der Waals surface area contributed by atoms with Crippen LogP contribution in [0.4, 0.5) is 4.79 Å². The van der Waals surface area contributed by atoms with Crippen LogP contribution in [-0.4, -0.2) is 6.03 Å². The van der Waals surface area contributed by atoms with Crippen molar-refractivity contribution in [3.8, 4) is 0 Å². The fourth-order valence-corrected chi connectivity index (χ4v) is 8.03. The second-order valence-corrected chi connectivity index (χ2v) is 12.4. The fourth-order valence-electron chi connectivity index (χ4n) is 8.03. The summed E-state index contributed by atoms with van der Waals surface area (Å²) in [4.78, 5) is 15.2. The Morgan fingerprint density at radius 3 is 0.935 bits per heavy atom. The summed E-state index contributed by atoms with van der Waals surface area (Å²) in [6, 6.07) is 55.0. The number of benzene rings is 6. The molecule has 0 aliphatic heterocycles. The maximum atomic E-state index is 15.2. The van der Waals surface area contributed by atoms with Gasteiger partial charge in [0.25, 0.3) is 0 Å². The normalized spacial score (nSPS) is 15.5. The molecule has 8 rings (SSSR count). The molecule has 0 radical (unpaired) electrons. The van der Waals surface area contributed by atoms with E-state index in [1.165, 1.54) is 22.3 Å². The molecule has 0 spiro atoms. The molecule has 3 heteroatoms. The average Bonchev–Trinajstić information content (AvgIpc) is 3.35. The highest BCUT2D eigenvalue weighted by molar-refractivity contribution is 5.81. The maximum Gasteiger partial charge on any atom is 0.317 e. The van der Waals surface area contributed by atoms with Crippen molar-refractivity contribution in [3.05, 3.63) is 213 Å². The third-order valence-electron chi connectivity index (χ3n) is 10.0. The molecule has 0 unspecified atom stereocenters. The van der Waals surface area contributed by atoms with Crippen LogP contribution >= 0.6 is 0 Å². The van der Waals surface area contributed by atoms with E-state index < -0.39 is 11.1 Å². The Kier molecular flexibility index (Phi) is 7.02. The number of carbonyl (C=O) groups is 1. The van der Waals surface area contributed by atoms with Crippen molar-refractivity contribution >= 4 is 6.03 Å². The molecule has 6 aromatic carbocycles. The summed E-state index contributed by atoms with van der Waals surface area (Å²) in [7, 11) is 0. The zero-order valence-electron chi connectivity index (χ0n) is 25.7.